The first kappa shape index (κ1) is 13.1. The van der Waals surface area contributed by atoms with E-state index in [0.717, 1.165) is 24.2 Å². The van der Waals surface area contributed by atoms with Gasteiger partial charge in [-0.25, -0.2) is 4.99 Å². The van der Waals surface area contributed by atoms with Crippen molar-refractivity contribution in [2.45, 2.75) is 25.3 Å². The van der Waals surface area contributed by atoms with Gasteiger partial charge in [-0.15, -0.1) is 0 Å². The van der Waals surface area contributed by atoms with Crippen LogP contribution in [0.25, 0.3) is 0 Å². The Kier molecular flexibility index (Phi) is 3.39. The molecule has 0 N–H and O–H groups in total. The second kappa shape index (κ2) is 5.68. The standard InChI is InChI=1S/C19H17N3/c1-2-7-14(8-3-1)18-16-10-4-5-11-17(16)21-19(22-18)15-9-6-12-20-13-15/h1-3,6-10,12-13,18H,4-5,11H2. The van der Waals surface area contributed by atoms with Crippen molar-refractivity contribution >= 4 is 11.5 Å². The average Bonchev–Trinajstić information content (AvgIpc) is 2.62. The van der Waals surface area contributed by atoms with Crippen LogP contribution in [0, 0.1) is 0 Å². The Labute approximate surface area is 130 Å². The first-order chi connectivity index (χ1) is 10.9. The van der Waals surface area contributed by atoms with Gasteiger partial charge < -0.3 is 0 Å². The van der Waals surface area contributed by atoms with Crippen LogP contribution in [-0.2, 0) is 0 Å². The van der Waals surface area contributed by atoms with E-state index in [0.29, 0.717) is 0 Å². The maximum absolute atomic E-state index is 4.93. The van der Waals surface area contributed by atoms with Gasteiger partial charge in [-0.3, -0.25) is 9.98 Å². The molecule has 1 aliphatic carbocycles. The zero-order chi connectivity index (χ0) is 14.8. The summed E-state index contributed by atoms with van der Waals surface area (Å²) in [7, 11) is 0. The number of pyridine rings is 1. The van der Waals surface area contributed by atoms with Crippen LogP contribution >= 0.6 is 0 Å². The number of hydrogen-bond donors (Lipinski definition) is 0. The number of aromatic nitrogens is 1. The van der Waals surface area contributed by atoms with Gasteiger partial charge in [0.05, 0.1) is 0 Å². The molecule has 0 radical (unpaired) electrons. The fourth-order valence-corrected chi connectivity index (χ4v) is 3.05. The summed E-state index contributed by atoms with van der Waals surface area (Å²) in [5.41, 5.74) is 4.68. The lowest BCUT2D eigenvalue weighted by atomic mass is 9.87. The zero-order valence-electron chi connectivity index (χ0n) is 12.3. The number of aliphatic imine (C=N–C) groups is 2. The fourth-order valence-electron chi connectivity index (χ4n) is 3.05. The van der Waals surface area contributed by atoms with Crippen LogP contribution in [0.3, 0.4) is 0 Å². The van der Waals surface area contributed by atoms with Crippen LogP contribution in [0.2, 0.25) is 0 Å². The summed E-state index contributed by atoms with van der Waals surface area (Å²) in [6.45, 7) is 0. The molecular weight excluding hydrogens is 270 g/mol. The molecule has 1 aromatic carbocycles. The molecule has 0 spiro atoms. The van der Waals surface area contributed by atoms with E-state index >= 15 is 0 Å². The number of fused-ring (bicyclic) bond motifs is 1. The van der Waals surface area contributed by atoms with E-state index in [1.165, 1.54) is 23.3 Å². The van der Waals surface area contributed by atoms with Crippen LogP contribution in [0.15, 0.2) is 76.5 Å². The van der Waals surface area contributed by atoms with E-state index in [-0.39, 0.29) is 6.04 Å². The smallest absolute Gasteiger partial charge is 0.157 e. The Morgan fingerprint density at radius 3 is 2.73 bits per heavy atom. The quantitative estimate of drug-likeness (QED) is 0.818. The number of allylic oxidation sites excluding steroid dienone is 1. The van der Waals surface area contributed by atoms with Gasteiger partial charge in [-0.2, -0.15) is 0 Å². The van der Waals surface area contributed by atoms with E-state index in [1.807, 2.05) is 24.4 Å². The highest BCUT2D eigenvalue weighted by Gasteiger charge is 2.27. The second-order valence-electron chi connectivity index (χ2n) is 5.62. The summed E-state index contributed by atoms with van der Waals surface area (Å²) >= 11 is 0. The lowest BCUT2D eigenvalue weighted by Gasteiger charge is -2.26. The summed E-state index contributed by atoms with van der Waals surface area (Å²) in [4.78, 5) is 13.9. The minimum atomic E-state index is 0.0595. The molecule has 1 aromatic heterocycles. The van der Waals surface area contributed by atoms with Crippen LogP contribution in [0.5, 0.6) is 0 Å². The third-order valence-corrected chi connectivity index (χ3v) is 4.14. The normalized spacial score (nSPS) is 20.5. The van der Waals surface area contributed by atoms with E-state index in [2.05, 4.69) is 35.3 Å². The van der Waals surface area contributed by atoms with E-state index in [9.17, 15) is 0 Å². The summed E-state index contributed by atoms with van der Waals surface area (Å²) in [5.74, 6) is 0.802. The molecule has 0 saturated heterocycles. The Balaban J connectivity index is 1.83. The zero-order valence-corrected chi connectivity index (χ0v) is 12.3. The Hall–Kier alpha value is -2.55. The highest BCUT2D eigenvalue weighted by molar-refractivity contribution is 6.15. The Morgan fingerprint density at radius 2 is 1.91 bits per heavy atom. The maximum Gasteiger partial charge on any atom is 0.157 e. The number of rotatable bonds is 2. The average molecular weight is 287 g/mol. The van der Waals surface area contributed by atoms with Crippen molar-refractivity contribution in [1.82, 2.24) is 4.98 Å². The molecule has 2 heterocycles. The van der Waals surface area contributed by atoms with Crippen molar-refractivity contribution in [1.29, 1.82) is 0 Å². The van der Waals surface area contributed by atoms with E-state index in [1.54, 1.807) is 6.20 Å². The Morgan fingerprint density at radius 1 is 1.00 bits per heavy atom. The predicted octanol–water partition coefficient (Wildman–Crippen LogP) is 4.13. The van der Waals surface area contributed by atoms with E-state index in [4.69, 9.17) is 9.98 Å². The second-order valence-corrected chi connectivity index (χ2v) is 5.62. The molecule has 1 atom stereocenters. The molecule has 108 valence electrons. The third-order valence-electron chi connectivity index (χ3n) is 4.14. The maximum atomic E-state index is 4.93. The van der Waals surface area contributed by atoms with Crippen molar-refractivity contribution in [3.8, 4) is 0 Å². The van der Waals surface area contributed by atoms with Crippen molar-refractivity contribution in [2.24, 2.45) is 9.98 Å². The summed E-state index contributed by atoms with van der Waals surface area (Å²) < 4.78 is 0. The van der Waals surface area contributed by atoms with Crippen molar-refractivity contribution in [2.75, 3.05) is 0 Å². The molecule has 0 saturated carbocycles. The summed E-state index contributed by atoms with van der Waals surface area (Å²) in [6.07, 6.45) is 9.25. The van der Waals surface area contributed by atoms with Gasteiger partial charge in [-0.05, 0) is 42.5 Å². The topological polar surface area (TPSA) is 37.6 Å². The molecule has 0 fully saturated rings. The number of amidine groups is 1. The van der Waals surface area contributed by atoms with Gasteiger partial charge in [0, 0.05) is 23.7 Å². The van der Waals surface area contributed by atoms with Gasteiger partial charge in [0.25, 0.3) is 0 Å². The molecular formula is C19H17N3. The minimum Gasteiger partial charge on any atom is -0.264 e. The predicted molar refractivity (Wildman–Crippen MR) is 89.3 cm³/mol. The molecule has 1 aliphatic heterocycles. The summed E-state index contributed by atoms with van der Waals surface area (Å²) in [6, 6.07) is 14.5. The molecule has 4 rings (SSSR count). The first-order valence-corrected chi connectivity index (χ1v) is 7.73. The van der Waals surface area contributed by atoms with Gasteiger partial charge in [0.1, 0.15) is 6.04 Å². The highest BCUT2D eigenvalue weighted by Crippen LogP contribution is 2.35. The van der Waals surface area contributed by atoms with E-state index < -0.39 is 0 Å². The first-order valence-electron chi connectivity index (χ1n) is 7.73. The van der Waals surface area contributed by atoms with Crippen LogP contribution < -0.4 is 0 Å². The fraction of sp³-hybridized carbons (Fsp3) is 0.211. The summed E-state index contributed by atoms with van der Waals surface area (Å²) in [5, 5.41) is 0. The van der Waals surface area contributed by atoms with Crippen LogP contribution in [-0.4, -0.2) is 16.5 Å². The molecule has 0 amide bonds. The SMILES string of the molecule is C1=C2C(=NC(c3cccnc3)=NC2c2ccccc2)CCC1. The van der Waals surface area contributed by atoms with Crippen molar-refractivity contribution in [3.63, 3.8) is 0 Å². The van der Waals surface area contributed by atoms with Gasteiger partial charge >= 0.3 is 0 Å². The highest BCUT2D eigenvalue weighted by atomic mass is 15.0. The van der Waals surface area contributed by atoms with Gasteiger partial charge in [-0.1, -0.05) is 36.4 Å². The molecule has 2 aliphatic rings. The molecule has 0 bridgehead atoms. The number of hydrogen-bond acceptors (Lipinski definition) is 3. The third kappa shape index (κ3) is 2.39. The molecule has 1 unspecified atom stereocenters. The molecule has 22 heavy (non-hydrogen) atoms. The Bertz CT molecular complexity index is 758. The van der Waals surface area contributed by atoms with Crippen molar-refractivity contribution < 1.29 is 0 Å². The number of benzene rings is 1. The molecule has 3 heteroatoms. The number of nitrogens with zero attached hydrogens (tertiary/aromatic N) is 3. The largest absolute Gasteiger partial charge is 0.264 e. The van der Waals surface area contributed by atoms with Gasteiger partial charge in [0.15, 0.2) is 5.84 Å². The van der Waals surface area contributed by atoms with Crippen LogP contribution in [0.1, 0.15) is 36.4 Å². The lowest BCUT2D eigenvalue weighted by Crippen LogP contribution is -2.21. The van der Waals surface area contributed by atoms with Crippen molar-refractivity contribution in [3.05, 3.63) is 77.6 Å². The van der Waals surface area contributed by atoms with Crippen LogP contribution in [0.4, 0.5) is 0 Å². The minimum absolute atomic E-state index is 0.0595. The van der Waals surface area contributed by atoms with Gasteiger partial charge in [0.2, 0.25) is 0 Å². The molecule has 3 nitrogen and oxygen atoms in total. The molecule has 2 aromatic rings. The lowest BCUT2D eigenvalue weighted by molar-refractivity contribution is 0.793. The monoisotopic (exact) mass is 287 g/mol.